The van der Waals surface area contributed by atoms with Gasteiger partial charge < -0.3 is 5.32 Å². The fraction of sp³-hybridized carbons (Fsp3) is 0.278. The maximum absolute atomic E-state index is 13.6. The standard InChI is InChI=1S/C18H19F2N3O/c1-11-2-4-12(5-3-11)17-15(10-22-23-17)18(24)21-9-13-6-7-14(19)8-16(13)20/h2-8,15,17,22-23H,9-10H2,1H3,(H,21,24). The molecule has 2 aromatic carbocycles. The van der Waals surface area contributed by atoms with Crippen molar-refractivity contribution in [1.29, 1.82) is 0 Å². The summed E-state index contributed by atoms with van der Waals surface area (Å²) < 4.78 is 26.6. The van der Waals surface area contributed by atoms with Crippen LogP contribution in [0.5, 0.6) is 0 Å². The highest BCUT2D eigenvalue weighted by Crippen LogP contribution is 2.25. The van der Waals surface area contributed by atoms with Crippen molar-refractivity contribution in [2.45, 2.75) is 19.5 Å². The van der Waals surface area contributed by atoms with Crippen molar-refractivity contribution in [3.05, 3.63) is 70.8 Å². The van der Waals surface area contributed by atoms with Gasteiger partial charge in [-0.05, 0) is 18.6 Å². The molecule has 1 aliphatic heterocycles. The van der Waals surface area contributed by atoms with Crippen LogP contribution < -0.4 is 16.2 Å². The number of hydrazine groups is 1. The maximum Gasteiger partial charge on any atom is 0.226 e. The van der Waals surface area contributed by atoms with Crippen LogP contribution in [0.4, 0.5) is 8.78 Å². The molecule has 0 saturated carbocycles. The summed E-state index contributed by atoms with van der Waals surface area (Å²) in [5, 5.41) is 2.73. The van der Waals surface area contributed by atoms with Gasteiger partial charge in [-0.15, -0.1) is 0 Å². The minimum absolute atomic E-state index is 0.0298. The molecular formula is C18H19F2N3O. The fourth-order valence-corrected chi connectivity index (χ4v) is 2.81. The molecule has 3 rings (SSSR count). The van der Waals surface area contributed by atoms with Gasteiger partial charge in [0.1, 0.15) is 11.6 Å². The second-order valence-electron chi connectivity index (χ2n) is 5.97. The molecule has 0 aliphatic carbocycles. The number of benzene rings is 2. The topological polar surface area (TPSA) is 53.2 Å². The van der Waals surface area contributed by atoms with Crippen molar-refractivity contribution in [1.82, 2.24) is 16.2 Å². The third-order valence-electron chi connectivity index (χ3n) is 4.22. The molecule has 4 nitrogen and oxygen atoms in total. The predicted molar refractivity (Wildman–Crippen MR) is 86.8 cm³/mol. The average Bonchev–Trinajstić information content (AvgIpc) is 3.04. The number of hydrogen-bond acceptors (Lipinski definition) is 3. The molecule has 1 amide bonds. The largest absolute Gasteiger partial charge is 0.352 e. The molecular weight excluding hydrogens is 312 g/mol. The van der Waals surface area contributed by atoms with Crippen LogP contribution in [0.3, 0.4) is 0 Å². The Kier molecular flexibility index (Phi) is 4.87. The Morgan fingerprint density at radius 2 is 1.96 bits per heavy atom. The zero-order valence-corrected chi connectivity index (χ0v) is 13.3. The van der Waals surface area contributed by atoms with Crippen molar-refractivity contribution in [3.8, 4) is 0 Å². The number of aryl methyl sites for hydroxylation is 1. The number of nitrogens with one attached hydrogen (secondary N) is 3. The fourth-order valence-electron chi connectivity index (χ4n) is 2.81. The number of hydrogen-bond donors (Lipinski definition) is 3. The molecule has 0 aromatic heterocycles. The van der Waals surface area contributed by atoms with E-state index in [1.54, 1.807) is 0 Å². The normalized spacial score (nSPS) is 20.1. The molecule has 1 saturated heterocycles. The van der Waals surface area contributed by atoms with Crippen LogP contribution in [0.1, 0.15) is 22.7 Å². The molecule has 1 heterocycles. The predicted octanol–water partition coefficient (Wildman–Crippen LogP) is 2.35. The summed E-state index contributed by atoms with van der Waals surface area (Å²) >= 11 is 0. The average molecular weight is 331 g/mol. The summed E-state index contributed by atoms with van der Waals surface area (Å²) in [4.78, 5) is 12.5. The molecule has 0 radical (unpaired) electrons. The van der Waals surface area contributed by atoms with Gasteiger partial charge in [0, 0.05) is 24.7 Å². The van der Waals surface area contributed by atoms with Crippen molar-refractivity contribution in [2.75, 3.05) is 6.54 Å². The molecule has 6 heteroatoms. The molecule has 24 heavy (non-hydrogen) atoms. The molecule has 2 aromatic rings. The lowest BCUT2D eigenvalue weighted by molar-refractivity contribution is -0.125. The Bertz CT molecular complexity index is 734. The third kappa shape index (κ3) is 3.60. The molecule has 2 atom stereocenters. The van der Waals surface area contributed by atoms with Crippen LogP contribution in [-0.2, 0) is 11.3 Å². The van der Waals surface area contributed by atoms with Gasteiger partial charge in [0.05, 0.1) is 12.0 Å². The highest BCUT2D eigenvalue weighted by atomic mass is 19.1. The van der Waals surface area contributed by atoms with Gasteiger partial charge in [-0.1, -0.05) is 35.9 Å². The molecule has 3 N–H and O–H groups in total. The summed E-state index contributed by atoms with van der Waals surface area (Å²) in [6, 6.07) is 11.2. The Morgan fingerprint density at radius 1 is 1.21 bits per heavy atom. The van der Waals surface area contributed by atoms with Crippen LogP contribution in [-0.4, -0.2) is 12.5 Å². The van der Waals surface area contributed by atoms with E-state index in [9.17, 15) is 13.6 Å². The second kappa shape index (κ2) is 7.07. The Balaban J connectivity index is 1.66. The number of carbonyl (C=O) groups is 1. The zero-order chi connectivity index (χ0) is 17.1. The van der Waals surface area contributed by atoms with Crippen LogP contribution in [0.15, 0.2) is 42.5 Å². The van der Waals surface area contributed by atoms with Gasteiger partial charge in [0.25, 0.3) is 0 Å². The lowest BCUT2D eigenvalue weighted by Gasteiger charge is -2.18. The van der Waals surface area contributed by atoms with Crippen molar-refractivity contribution in [3.63, 3.8) is 0 Å². The van der Waals surface area contributed by atoms with Crippen LogP contribution in [0.2, 0.25) is 0 Å². The molecule has 1 aliphatic rings. The summed E-state index contributed by atoms with van der Waals surface area (Å²) in [5.41, 5.74) is 8.53. The summed E-state index contributed by atoms with van der Waals surface area (Å²) in [6.07, 6.45) is 0. The van der Waals surface area contributed by atoms with E-state index in [1.807, 2.05) is 31.2 Å². The van der Waals surface area contributed by atoms with Crippen molar-refractivity contribution in [2.24, 2.45) is 5.92 Å². The van der Waals surface area contributed by atoms with Crippen molar-refractivity contribution < 1.29 is 13.6 Å². The van der Waals surface area contributed by atoms with Crippen molar-refractivity contribution >= 4 is 5.91 Å². The summed E-state index contributed by atoms with van der Waals surface area (Å²) in [6.45, 7) is 2.52. The molecule has 1 fully saturated rings. The third-order valence-corrected chi connectivity index (χ3v) is 4.22. The zero-order valence-electron chi connectivity index (χ0n) is 13.3. The first-order chi connectivity index (χ1) is 11.5. The summed E-state index contributed by atoms with van der Waals surface area (Å²) in [7, 11) is 0. The van der Waals surface area contributed by atoms with E-state index in [0.29, 0.717) is 6.54 Å². The SMILES string of the molecule is Cc1ccc(C2NNCC2C(=O)NCc2ccc(F)cc2F)cc1. The van der Waals surface area contributed by atoms with E-state index in [4.69, 9.17) is 0 Å². The van der Waals surface area contributed by atoms with Gasteiger partial charge in [0.15, 0.2) is 0 Å². The smallest absolute Gasteiger partial charge is 0.226 e. The van der Waals surface area contributed by atoms with E-state index in [0.717, 1.165) is 17.2 Å². The maximum atomic E-state index is 13.6. The Morgan fingerprint density at radius 3 is 2.67 bits per heavy atom. The van der Waals surface area contributed by atoms with E-state index in [2.05, 4.69) is 16.2 Å². The first-order valence-electron chi connectivity index (χ1n) is 7.81. The van der Waals surface area contributed by atoms with Gasteiger partial charge in [0.2, 0.25) is 5.91 Å². The van der Waals surface area contributed by atoms with Gasteiger partial charge in [-0.2, -0.15) is 0 Å². The minimum atomic E-state index is -0.659. The summed E-state index contributed by atoms with van der Waals surface area (Å²) in [5.74, 6) is -1.78. The first kappa shape index (κ1) is 16.5. The molecule has 126 valence electrons. The lowest BCUT2D eigenvalue weighted by Crippen LogP contribution is -2.34. The Labute approximate surface area is 139 Å². The van der Waals surface area contributed by atoms with Gasteiger partial charge >= 0.3 is 0 Å². The highest BCUT2D eigenvalue weighted by molar-refractivity contribution is 5.80. The van der Waals surface area contributed by atoms with E-state index in [-0.39, 0.29) is 30.0 Å². The second-order valence-corrected chi connectivity index (χ2v) is 5.97. The monoisotopic (exact) mass is 331 g/mol. The quantitative estimate of drug-likeness (QED) is 0.806. The molecule has 0 bridgehead atoms. The minimum Gasteiger partial charge on any atom is -0.352 e. The van der Waals surface area contributed by atoms with Crippen LogP contribution in [0.25, 0.3) is 0 Å². The Hall–Kier alpha value is -2.31. The number of amides is 1. The lowest BCUT2D eigenvalue weighted by atomic mass is 9.93. The number of rotatable bonds is 4. The highest BCUT2D eigenvalue weighted by Gasteiger charge is 2.33. The number of carbonyl (C=O) groups excluding carboxylic acids is 1. The van der Waals surface area contributed by atoms with Crippen LogP contribution in [0, 0.1) is 24.5 Å². The number of halogens is 2. The van der Waals surface area contributed by atoms with E-state index >= 15 is 0 Å². The van der Waals surface area contributed by atoms with Gasteiger partial charge in [-0.25, -0.2) is 14.2 Å². The van der Waals surface area contributed by atoms with E-state index < -0.39 is 11.6 Å². The van der Waals surface area contributed by atoms with Crippen LogP contribution >= 0.6 is 0 Å². The molecule has 2 unspecified atom stereocenters. The van der Waals surface area contributed by atoms with E-state index in [1.165, 1.54) is 12.1 Å². The van der Waals surface area contributed by atoms with Gasteiger partial charge in [-0.3, -0.25) is 10.2 Å². The molecule has 0 spiro atoms. The first-order valence-corrected chi connectivity index (χ1v) is 7.81.